The molecule has 0 bridgehead atoms. The minimum absolute atomic E-state index is 0.166. The summed E-state index contributed by atoms with van der Waals surface area (Å²) in [4.78, 5) is 7.69. The number of hydrogen-bond donors (Lipinski definition) is 0. The lowest BCUT2D eigenvalue weighted by atomic mass is 9.96. The molecule has 1 aromatic carbocycles. The van der Waals surface area contributed by atoms with Gasteiger partial charge in [-0.3, -0.25) is 9.80 Å². The van der Waals surface area contributed by atoms with Gasteiger partial charge < -0.3 is 9.64 Å². The van der Waals surface area contributed by atoms with Crippen molar-refractivity contribution >= 4 is 0 Å². The lowest BCUT2D eigenvalue weighted by Gasteiger charge is -2.40. The van der Waals surface area contributed by atoms with Crippen LogP contribution >= 0.6 is 0 Å². The Kier molecular flexibility index (Phi) is 5.89. The summed E-state index contributed by atoms with van der Waals surface area (Å²) < 4.78 is 6.22. The highest BCUT2D eigenvalue weighted by Gasteiger charge is 2.39. The van der Waals surface area contributed by atoms with Gasteiger partial charge in [0, 0.05) is 52.4 Å². The zero-order valence-electron chi connectivity index (χ0n) is 17.6. The molecule has 3 fully saturated rings. The summed E-state index contributed by atoms with van der Waals surface area (Å²) in [6, 6.07) is 4.91. The maximum atomic E-state index is 6.22. The van der Waals surface area contributed by atoms with E-state index in [4.69, 9.17) is 4.74 Å². The third-order valence-corrected chi connectivity index (χ3v) is 7.02. The van der Waals surface area contributed by atoms with Crippen LogP contribution < -0.4 is 0 Å². The summed E-state index contributed by atoms with van der Waals surface area (Å²) in [6.07, 6.45) is 5.19. The summed E-state index contributed by atoms with van der Waals surface area (Å²) in [6.45, 7) is 14.6. The number of likely N-dealkylation sites (N-methyl/N-ethyl adjacent to an activating group) is 1. The van der Waals surface area contributed by atoms with Crippen molar-refractivity contribution in [2.24, 2.45) is 0 Å². The van der Waals surface area contributed by atoms with Crippen molar-refractivity contribution in [3.05, 3.63) is 34.4 Å². The van der Waals surface area contributed by atoms with Crippen LogP contribution in [0.15, 0.2) is 12.1 Å². The van der Waals surface area contributed by atoms with E-state index < -0.39 is 0 Å². The molecule has 0 atom stereocenters. The topological polar surface area (TPSA) is 19.0 Å². The van der Waals surface area contributed by atoms with Crippen LogP contribution in [0.1, 0.15) is 47.9 Å². The highest BCUT2D eigenvalue weighted by Crippen LogP contribution is 2.36. The van der Waals surface area contributed by atoms with Crippen molar-refractivity contribution in [3.8, 4) is 0 Å². The second kappa shape index (κ2) is 8.20. The number of aryl methyl sites for hydroxylation is 2. The molecule has 27 heavy (non-hydrogen) atoms. The first-order valence-corrected chi connectivity index (χ1v) is 10.9. The van der Waals surface area contributed by atoms with Crippen LogP contribution in [0.4, 0.5) is 0 Å². The van der Waals surface area contributed by atoms with Crippen molar-refractivity contribution in [3.63, 3.8) is 0 Å². The van der Waals surface area contributed by atoms with E-state index in [1.807, 2.05) is 0 Å². The first-order valence-electron chi connectivity index (χ1n) is 10.9. The number of rotatable bonds is 4. The maximum absolute atomic E-state index is 6.22. The predicted molar refractivity (Wildman–Crippen MR) is 111 cm³/mol. The first kappa shape index (κ1) is 19.4. The Balaban J connectivity index is 1.44. The van der Waals surface area contributed by atoms with Crippen LogP contribution in [0.2, 0.25) is 0 Å². The van der Waals surface area contributed by atoms with Gasteiger partial charge in [0.05, 0.1) is 12.2 Å². The number of hydrogen-bond acceptors (Lipinski definition) is 4. The highest BCUT2D eigenvalue weighted by atomic mass is 16.5. The van der Waals surface area contributed by atoms with E-state index in [0.29, 0.717) is 0 Å². The fourth-order valence-electron chi connectivity index (χ4n) is 5.16. The number of nitrogens with zero attached hydrogens (tertiary/aromatic N) is 3. The molecule has 1 aliphatic carbocycles. The van der Waals surface area contributed by atoms with Crippen molar-refractivity contribution in [2.75, 3.05) is 52.9 Å². The molecule has 4 nitrogen and oxygen atoms in total. The fraction of sp³-hybridized carbons (Fsp3) is 0.739. The van der Waals surface area contributed by atoms with Crippen LogP contribution in [0.3, 0.4) is 0 Å². The average molecular weight is 372 g/mol. The van der Waals surface area contributed by atoms with Crippen LogP contribution in [0.25, 0.3) is 0 Å². The van der Waals surface area contributed by atoms with Gasteiger partial charge in [-0.05, 0) is 56.0 Å². The molecular weight excluding hydrogens is 334 g/mol. The quantitative estimate of drug-likeness (QED) is 0.809. The molecule has 0 N–H and O–H groups in total. The van der Waals surface area contributed by atoms with Crippen LogP contribution in [-0.4, -0.2) is 73.2 Å². The molecule has 3 aliphatic rings. The first-order chi connectivity index (χ1) is 13.0. The average Bonchev–Trinajstić information content (AvgIpc) is 3.08. The zero-order valence-corrected chi connectivity index (χ0v) is 17.6. The van der Waals surface area contributed by atoms with E-state index in [-0.39, 0.29) is 5.60 Å². The van der Waals surface area contributed by atoms with Gasteiger partial charge in [0.1, 0.15) is 0 Å². The Morgan fingerprint density at radius 1 is 0.852 bits per heavy atom. The van der Waals surface area contributed by atoms with E-state index >= 15 is 0 Å². The molecule has 0 amide bonds. The van der Waals surface area contributed by atoms with Gasteiger partial charge in [0.25, 0.3) is 0 Å². The molecule has 2 heterocycles. The van der Waals surface area contributed by atoms with E-state index in [1.165, 1.54) is 74.1 Å². The van der Waals surface area contributed by atoms with Gasteiger partial charge in [-0.25, -0.2) is 0 Å². The Labute approximate surface area is 165 Å². The summed E-state index contributed by atoms with van der Waals surface area (Å²) in [7, 11) is 2.23. The molecule has 1 spiro atoms. The fourth-order valence-corrected chi connectivity index (χ4v) is 5.16. The third-order valence-electron chi connectivity index (χ3n) is 7.02. The molecule has 0 radical (unpaired) electrons. The molecule has 4 heteroatoms. The monoisotopic (exact) mass is 371 g/mol. The largest absolute Gasteiger partial charge is 0.372 e. The van der Waals surface area contributed by atoms with Gasteiger partial charge in [0.2, 0.25) is 0 Å². The molecular formula is C23H37N3O. The van der Waals surface area contributed by atoms with Crippen molar-refractivity contribution < 1.29 is 4.74 Å². The van der Waals surface area contributed by atoms with E-state index in [2.05, 4.69) is 47.7 Å². The minimum atomic E-state index is 0.166. The van der Waals surface area contributed by atoms with E-state index in [9.17, 15) is 0 Å². The second-order valence-corrected chi connectivity index (χ2v) is 9.23. The number of benzene rings is 1. The lowest BCUT2D eigenvalue weighted by Crippen LogP contribution is -2.49. The SMILES string of the molecule is Cc1cc(C)c(CN2CCOC3(CCCC3)C2)cc1CN1CCN(C)CC1. The molecule has 4 rings (SSSR count). The standard InChI is InChI=1S/C23H37N3O/c1-19-14-20(2)22(15-21(19)16-25-10-8-24(3)9-11-25)17-26-12-13-27-23(18-26)6-4-5-7-23/h14-15H,4-13,16-18H2,1-3H3. The molecule has 150 valence electrons. The van der Waals surface area contributed by atoms with Gasteiger partial charge in [0.15, 0.2) is 0 Å². The summed E-state index contributed by atoms with van der Waals surface area (Å²) in [5.41, 5.74) is 6.09. The normalized spacial score (nSPS) is 24.7. The minimum Gasteiger partial charge on any atom is -0.372 e. The van der Waals surface area contributed by atoms with Gasteiger partial charge in [-0.1, -0.05) is 25.0 Å². The van der Waals surface area contributed by atoms with E-state index in [1.54, 1.807) is 0 Å². The van der Waals surface area contributed by atoms with E-state index in [0.717, 1.165) is 32.8 Å². The Hall–Kier alpha value is -0.940. The number of ether oxygens (including phenoxy) is 1. The van der Waals surface area contributed by atoms with Gasteiger partial charge >= 0.3 is 0 Å². The number of morpholine rings is 1. The molecule has 1 saturated carbocycles. The summed E-state index contributed by atoms with van der Waals surface area (Å²) in [5.74, 6) is 0. The van der Waals surface area contributed by atoms with Crippen LogP contribution in [0, 0.1) is 13.8 Å². The molecule has 1 aromatic rings. The molecule has 2 saturated heterocycles. The molecule has 2 aliphatic heterocycles. The van der Waals surface area contributed by atoms with Crippen molar-refractivity contribution in [2.45, 2.75) is 58.2 Å². The lowest BCUT2D eigenvalue weighted by molar-refractivity contribution is -0.107. The number of piperazine rings is 1. The Morgan fingerprint density at radius 2 is 1.48 bits per heavy atom. The summed E-state index contributed by atoms with van der Waals surface area (Å²) >= 11 is 0. The third kappa shape index (κ3) is 4.56. The van der Waals surface area contributed by atoms with Crippen molar-refractivity contribution in [1.29, 1.82) is 0 Å². The Morgan fingerprint density at radius 3 is 2.15 bits per heavy atom. The van der Waals surface area contributed by atoms with Crippen LogP contribution in [-0.2, 0) is 17.8 Å². The smallest absolute Gasteiger partial charge is 0.0809 e. The zero-order chi connectivity index (χ0) is 18.9. The van der Waals surface area contributed by atoms with Crippen LogP contribution in [0.5, 0.6) is 0 Å². The highest BCUT2D eigenvalue weighted by molar-refractivity contribution is 5.37. The maximum Gasteiger partial charge on any atom is 0.0809 e. The molecule has 0 aromatic heterocycles. The molecule has 0 unspecified atom stereocenters. The van der Waals surface area contributed by atoms with Gasteiger partial charge in [-0.2, -0.15) is 0 Å². The van der Waals surface area contributed by atoms with Gasteiger partial charge in [-0.15, -0.1) is 0 Å². The Bertz CT molecular complexity index is 645. The second-order valence-electron chi connectivity index (χ2n) is 9.23. The predicted octanol–water partition coefficient (Wildman–Crippen LogP) is 3.20. The van der Waals surface area contributed by atoms with Crippen molar-refractivity contribution in [1.82, 2.24) is 14.7 Å². The summed E-state index contributed by atoms with van der Waals surface area (Å²) in [5, 5.41) is 0.